The number of carbonyl (C=O) groups excluding carboxylic acids is 1. The van der Waals surface area contributed by atoms with Crippen LogP contribution in [-0.2, 0) is 4.79 Å². The lowest BCUT2D eigenvalue weighted by atomic mass is 10.1. The van der Waals surface area contributed by atoms with Gasteiger partial charge in [-0.25, -0.2) is 4.68 Å². The van der Waals surface area contributed by atoms with E-state index in [9.17, 15) is 4.79 Å². The van der Waals surface area contributed by atoms with Crippen molar-refractivity contribution in [3.05, 3.63) is 36.7 Å². The van der Waals surface area contributed by atoms with E-state index in [0.29, 0.717) is 5.69 Å². The summed E-state index contributed by atoms with van der Waals surface area (Å²) >= 11 is 0. The van der Waals surface area contributed by atoms with E-state index in [0.717, 1.165) is 5.69 Å². The first kappa shape index (κ1) is 14.2. The third-order valence-electron chi connectivity index (χ3n) is 2.63. The molecule has 106 valence electrons. The molecule has 2 rings (SSSR count). The maximum Gasteiger partial charge on any atom is 0.238 e. The fourth-order valence-electron chi connectivity index (χ4n) is 1.66. The van der Waals surface area contributed by atoms with Crippen LogP contribution in [0.3, 0.4) is 0 Å². The zero-order valence-corrected chi connectivity index (χ0v) is 11.9. The Morgan fingerprint density at radius 2 is 2.05 bits per heavy atom. The average Bonchev–Trinajstić information content (AvgIpc) is 2.90. The first-order chi connectivity index (χ1) is 9.46. The number of nitrogens with one attached hydrogen (secondary N) is 2. The van der Waals surface area contributed by atoms with Crippen molar-refractivity contribution in [3.8, 4) is 5.69 Å². The van der Waals surface area contributed by atoms with Crippen LogP contribution >= 0.6 is 0 Å². The SMILES string of the molecule is CC(C)(C)NCC(=O)Nc1ccccc1-n1ccnn1. The smallest absolute Gasteiger partial charge is 0.238 e. The first-order valence-corrected chi connectivity index (χ1v) is 6.46. The Labute approximate surface area is 118 Å². The molecule has 0 aliphatic carbocycles. The molecule has 0 aliphatic rings. The zero-order valence-electron chi connectivity index (χ0n) is 11.9. The van der Waals surface area contributed by atoms with E-state index >= 15 is 0 Å². The van der Waals surface area contributed by atoms with Crippen molar-refractivity contribution in [2.24, 2.45) is 0 Å². The summed E-state index contributed by atoms with van der Waals surface area (Å²) in [5, 5.41) is 13.7. The Kier molecular flexibility index (Phi) is 4.14. The Morgan fingerprint density at radius 3 is 2.70 bits per heavy atom. The normalized spacial score (nSPS) is 11.3. The van der Waals surface area contributed by atoms with Crippen LogP contribution < -0.4 is 10.6 Å². The van der Waals surface area contributed by atoms with Crippen LogP contribution in [0.5, 0.6) is 0 Å². The number of aromatic nitrogens is 3. The second-order valence-corrected chi connectivity index (χ2v) is 5.52. The van der Waals surface area contributed by atoms with E-state index in [-0.39, 0.29) is 18.0 Å². The standard InChI is InChI=1S/C14H19N5O/c1-14(2,3)15-10-13(20)17-11-6-4-5-7-12(11)19-9-8-16-18-19/h4-9,15H,10H2,1-3H3,(H,17,20). The second-order valence-electron chi connectivity index (χ2n) is 5.52. The summed E-state index contributed by atoms with van der Waals surface area (Å²) in [6.45, 7) is 6.31. The first-order valence-electron chi connectivity index (χ1n) is 6.46. The molecule has 0 aliphatic heterocycles. The summed E-state index contributed by atoms with van der Waals surface area (Å²) in [4.78, 5) is 12.0. The molecule has 1 heterocycles. The number of nitrogens with zero attached hydrogens (tertiary/aromatic N) is 3. The molecule has 1 amide bonds. The number of rotatable bonds is 4. The maximum atomic E-state index is 12.0. The van der Waals surface area contributed by atoms with Gasteiger partial charge in [-0.1, -0.05) is 17.3 Å². The summed E-state index contributed by atoms with van der Waals surface area (Å²) in [5.41, 5.74) is 1.40. The molecule has 0 saturated heterocycles. The largest absolute Gasteiger partial charge is 0.323 e. The number of hydrogen-bond donors (Lipinski definition) is 2. The van der Waals surface area contributed by atoms with Gasteiger partial charge in [0.25, 0.3) is 0 Å². The molecular formula is C14H19N5O. The molecule has 0 saturated carbocycles. The summed E-state index contributed by atoms with van der Waals surface area (Å²) in [5.74, 6) is -0.0903. The molecule has 0 atom stereocenters. The van der Waals surface area contributed by atoms with Gasteiger partial charge in [-0.2, -0.15) is 0 Å². The molecule has 1 aromatic heterocycles. The molecule has 0 bridgehead atoms. The van der Waals surface area contributed by atoms with Crippen LogP contribution in [0.1, 0.15) is 20.8 Å². The summed E-state index contributed by atoms with van der Waals surface area (Å²) in [6.07, 6.45) is 3.33. The molecule has 2 N–H and O–H groups in total. The van der Waals surface area contributed by atoms with Crippen LogP contribution in [0.15, 0.2) is 36.7 Å². The second kappa shape index (κ2) is 5.83. The monoisotopic (exact) mass is 273 g/mol. The predicted octanol–water partition coefficient (Wildman–Crippen LogP) is 1.59. The number of amides is 1. The molecule has 0 fully saturated rings. The number of hydrogen-bond acceptors (Lipinski definition) is 4. The quantitative estimate of drug-likeness (QED) is 0.887. The van der Waals surface area contributed by atoms with Gasteiger partial charge in [0.15, 0.2) is 0 Å². The minimum Gasteiger partial charge on any atom is -0.323 e. The fraction of sp³-hybridized carbons (Fsp3) is 0.357. The highest BCUT2D eigenvalue weighted by molar-refractivity contribution is 5.94. The zero-order chi connectivity index (χ0) is 14.6. The lowest BCUT2D eigenvalue weighted by Crippen LogP contribution is -2.41. The molecule has 0 radical (unpaired) electrons. The summed E-state index contributed by atoms with van der Waals surface area (Å²) in [7, 11) is 0. The number of para-hydroxylation sites is 2. The fourth-order valence-corrected chi connectivity index (χ4v) is 1.66. The molecule has 1 aromatic carbocycles. The highest BCUT2D eigenvalue weighted by atomic mass is 16.1. The Hall–Kier alpha value is -2.21. The van der Waals surface area contributed by atoms with E-state index in [2.05, 4.69) is 20.9 Å². The van der Waals surface area contributed by atoms with Gasteiger partial charge < -0.3 is 10.6 Å². The molecule has 2 aromatic rings. The molecule has 20 heavy (non-hydrogen) atoms. The number of carbonyl (C=O) groups is 1. The van der Waals surface area contributed by atoms with Crippen LogP contribution in [-0.4, -0.2) is 33.0 Å². The number of anilines is 1. The minimum atomic E-state index is -0.0945. The highest BCUT2D eigenvalue weighted by Crippen LogP contribution is 2.18. The molecule has 6 nitrogen and oxygen atoms in total. The Bertz CT molecular complexity index is 572. The third kappa shape index (κ3) is 3.89. The minimum absolute atomic E-state index is 0.0903. The van der Waals surface area contributed by atoms with Crippen molar-refractivity contribution >= 4 is 11.6 Å². The van der Waals surface area contributed by atoms with Crippen molar-refractivity contribution in [1.82, 2.24) is 20.3 Å². The van der Waals surface area contributed by atoms with E-state index in [1.54, 1.807) is 17.1 Å². The summed E-state index contributed by atoms with van der Waals surface area (Å²) < 4.78 is 1.62. The van der Waals surface area contributed by atoms with Gasteiger partial charge in [0.2, 0.25) is 5.91 Å². The van der Waals surface area contributed by atoms with Gasteiger partial charge in [0.1, 0.15) is 0 Å². The van der Waals surface area contributed by atoms with Crippen molar-refractivity contribution < 1.29 is 4.79 Å². The van der Waals surface area contributed by atoms with Gasteiger partial charge in [0, 0.05) is 5.54 Å². The molecule has 6 heteroatoms. The Morgan fingerprint density at radius 1 is 1.30 bits per heavy atom. The van der Waals surface area contributed by atoms with E-state index in [1.807, 2.05) is 45.0 Å². The molecular weight excluding hydrogens is 254 g/mol. The Balaban J connectivity index is 2.08. The van der Waals surface area contributed by atoms with Gasteiger partial charge in [0.05, 0.1) is 30.3 Å². The predicted molar refractivity (Wildman–Crippen MR) is 77.7 cm³/mol. The van der Waals surface area contributed by atoms with Crippen LogP contribution in [0.4, 0.5) is 5.69 Å². The lowest BCUT2D eigenvalue weighted by Gasteiger charge is -2.20. The van der Waals surface area contributed by atoms with Crippen LogP contribution in [0, 0.1) is 0 Å². The highest BCUT2D eigenvalue weighted by Gasteiger charge is 2.13. The molecule has 0 spiro atoms. The van der Waals surface area contributed by atoms with Gasteiger partial charge >= 0.3 is 0 Å². The lowest BCUT2D eigenvalue weighted by molar-refractivity contribution is -0.115. The van der Waals surface area contributed by atoms with Crippen LogP contribution in [0.25, 0.3) is 5.69 Å². The molecule has 0 unspecified atom stereocenters. The van der Waals surface area contributed by atoms with Gasteiger partial charge in [-0.3, -0.25) is 4.79 Å². The van der Waals surface area contributed by atoms with E-state index < -0.39 is 0 Å². The van der Waals surface area contributed by atoms with Crippen molar-refractivity contribution in [2.45, 2.75) is 26.3 Å². The van der Waals surface area contributed by atoms with Gasteiger partial charge in [-0.05, 0) is 32.9 Å². The summed E-state index contributed by atoms with van der Waals surface area (Å²) in [6, 6.07) is 7.47. The van der Waals surface area contributed by atoms with E-state index in [1.165, 1.54) is 0 Å². The van der Waals surface area contributed by atoms with Gasteiger partial charge in [-0.15, -0.1) is 5.10 Å². The average molecular weight is 273 g/mol. The van der Waals surface area contributed by atoms with Crippen molar-refractivity contribution in [3.63, 3.8) is 0 Å². The number of benzene rings is 1. The topological polar surface area (TPSA) is 71.8 Å². The maximum absolute atomic E-state index is 12.0. The van der Waals surface area contributed by atoms with Crippen LogP contribution in [0.2, 0.25) is 0 Å². The third-order valence-corrected chi connectivity index (χ3v) is 2.63. The van der Waals surface area contributed by atoms with Crippen molar-refractivity contribution in [2.75, 3.05) is 11.9 Å². The van der Waals surface area contributed by atoms with Crippen molar-refractivity contribution in [1.29, 1.82) is 0 Å². The van der Waals surface area contributed by atoms with E-state index in [4.69, 9.17) is 0 Å².